The van der Waals surface area contributed by atoms with Crippen molar-refractivity contribution in [3.05, 3.63) is 35.4 Å². The number of amides is 1. The van der Waals surface area contributed by atoms with Gasteiger partial charge in [-0.1, -0.05) is 25.1 Å². The summed E-state index contributed by atoms with van der Waals surface area (Å²) < 4.78 is 0. The lowest BCUT2D eigenvalue weighted by atomic mass is 10.0. The molecular weight excluding hydrogens is 202 g/mol. The average molecular weight is 221 g/mol. The minimum absolute atomic E-state index is 0.0173. The van der Waals surface area contributed by atoms with Crippen molar-refractivity contribution in [2.24, 2.45) is 0 Å². The van der Waals surface area contributed by atoms with Gasteiger partial charge < -0.3 is 10.0 Å². The van der Waals surface area contributed by atoms with Crippen LogP contribution in [0, 0.1) is 0 Å². The Bertz CT molecular complexity index is 363. The molecule has 0 radical (unpaired) electrons. The van der Waals surface area contributed by atoms with Crippen LogP contribution in [0.25, 0.3) is 0 Å². The van der Waals surface area contributed by atoms with Crippen LogP contribution in [0.15, 0.2) is 24.3 Å². The second kappa shape index (κ2) is 5.66. The second-order valence-corrected chi connectivity index (χ2v) is 3.96. The van der Waals surface area contributed by atoms with Gasteiger partial charge in [0, 0.05) is 12.6 Å². The number of aliphatic hydroxyl groups is 1. The summed E-state index contributed by atoms with van der Waals surface area (Å²) in [5.41, 5.74) is 1.78. The Kier molecular flexibility index (Phi) is 4.50. The fourth-order valence-electron chi connectivity index (χ4n) is 1.55. The molecular formula is C13H19NO2. The number of carbonyl (C=O) groups is 1. The van der Waals surface area contributed by atoms with E-state index in [2.05, 4.69) is 0 Å². The van der Waals surface area contributed by atoms with Crippen LogP contribution in [-0.2, 0) is 6.42 Å². The molecule has 1 unspecified atom stereocenters. The lowest BCUT2D eigenvalue weighted by Crippen LogP contribution is -2.37. The fourth-order valence-corrected chi connectivity index (χ4v) is 1.55. The summed E-state index contributed by atoms with van der Waals surface area (Å²) in [5.74, 6) is -0.0287. The van der Waals surface area contributed by atoms with Gasteiger partial charge in [0.15, 0.2) is 0 Å². The van der Waals surface area contributed by atoms with Crippen molar-refractivity contribution in [2.75, 3.05) is 13.7 Å². The van der Waals surface area contributed by atoms with Crippen molar-refractivity contribution < 1.29 is 9.90 Å². The normalized spacial score (nSPS) is 12.2. The van der Waals surface area contributed by atoms with E-state index in [0.29, 0.717) is 0 Å². The highest BCUT2D eigenvalue weighted by Gasteiger charge is 2.18. The number of rotatable bonds is 4. The van der Waals surface area contributed by atoms with Crippen molar-refractivity contribution in [2.45, 2.75) is 26.3 Å². The van der Waals surface area contributed by atoms with Gasteiger partial charge in [-0.05, 0) is 25.0 Å². The van der Waals surface area contributed by atoms with E-state index in [1.54, 1.807) is 11.9 Å². The van der Waals surface area contributed by atoms with Crippen molar-refractivity contribution in [1.82, 2.24) is 4.90 Å². The van der Waals surface area contributed by atoms with Gasteiger partial charge in [-0.15, -0.1) is 0 Å². The van der Waals surface area contributed by atoms with Crippen molar-refractivity contribution in [3.63, 3.8) is 0 Å². The van der Waals surface area contributed by atoms with E-state index in [1.807, 2.05) is 38.1 Å². The third-order valence-electron chi connectivity index (χ3n) is 2.87. The Morgan fingerprint density at radius 2 is 2.06 bits per heavy atom. The van der Waals surface area contributed by atoms with Gasteiger partial charge in [-0.25, -0.2) is 0 Å². The first-order valence-electron chi connectivity index (χ1n) is 5.57. The van der Waals surface area contributed by atoms with E-state index in [0.717, 1.165) is 17.5 Å². The minimum Gasteiger partial charge on any atom is -0.394 e. The Balaban J connectivity index is 2.95. The Labute approximate surface area is 96.7 Å². The first-order chi connectivity index (χ1) is 7.61. The maximum Gasteiger partial charge on any atom is 0.254 e. The van der Waals surface area contributed by atoms with Crippen LogP contribution in [0.1, 0.15) is 29.8 Å². The molecule has 0 saturated carbocycles. The molecule has 0 heterocycles. The Morgan fingerprint density at radius 1 is 1.44 bits per heavy atom. The highest BCUT2D eigenvalue weighted by Crippen LogP contribution is 2.13. The predicted octanol–water partition coefficient (Wildman–Crippen LogP) is 1.70. The number of benzene rings is 1. The number of aryl methyl sites for hydroxylation is 1. The molecule has 0 bridgehead atoms. The molecule has 1 N–H and O–H groups in total. The SMILES string of the molecule is CCc1ccccc1C(=O)N(C)C(C)CO. The smallest absolute Gasteiger partial charge is 0.254 e. The summed E-state index contributed by atoms with van der Waals surface area (Å²) in [6.07, 6.45) is 0.837. The molecule has 0 spiro atoms. The van der Waals surface area contributed by atoms with Gasteiger partial charge in [-0.3, -0.25) is 4.79 Å². The Hall–Kier alpha value is -1.35. The van der Waals surface area contributed by atoms with Crippen LogP contribution >= 0.6 is 0 Å². The van der Waals surface area contributed by atoms with Crippen LogP contribution < -0.4 is 0 Å². The average Bonchev–Trinajstić information content (AvgIpc) is 2.35. The van der Waals surface area contributed by atoms with Crippen molar-refractivity contribution in [1.29, 1.82) is 0 Å². The highest BCUT2D eigenvalue weighted by molar-refractivity contribution is 5.95. The number of likely N-dealkylation sites (N-methyl/N-ethyl adjacent to an activating group) is 1. The van der Waals surface area contributed by atoms with Gasteiger partial charge in [0.2, 0.25) is 0 Å². The molecule has 1 rings (SSSR count). The monoisotopic (exact) mass is 221 g/mol. The first kappa shape index (κ1) is 12.7. The number of nitrogens with zero attached hydrogens (tertiary/aromatic N) is 1. The maximum atomic E-state index is 12.1. The molecule has 0 aliphatic heterocycles. The van der Waals surface area contributed by atoms with E-state index >= 15 is 0 Å². The van der Waals surface area contributed by atoms with Crippen LogP contribution in [0.3, 0.4) is 0 Å². The number of hydrogen-bond acceptors (Lipinski definition) is 2. The molecule has 1 atom stereocenters. The Morgan fingerprint density at radius 3 is 2.62 bits per heavy atom. The maximum absolute atomic E-state index is 12.1. The quantitative estimate of drug-likeness (QED) is 0.840. The van der Waals surface area contributed by atoms with E-state index in [4.69, 9.17) is 5.11 Å². The van der Waals surface area contributed by atoms with E-state index in [-0.39, 0.29) is 18.6 Å². The minimum atomic E-state index is -0.155. The topological polar surface area (TPSA) is 40.5 Å². The zero-order valence-corrected chi connectivity index (χ0v) is 10.1. The molecule has 16 heavy (non-hydrogen) atoms. The first-order valence-corrected chi connectivity index (χ1v) is 5.57. The summed E-state index contributed by atoms with van der Waals surface area (Å²) >= 11 is 0. The summed E-state index contributed by atoms with van der Waals surface area (Å²) in [4.78, 5) is 13.7. The third-order valence-corrected chi connectivity index (χ3v) is 2.87. The third kappa shape index (κ3) is 2.61. The lowest BCUT2D eigenvalue weighted by molar-refractivity contribution is 0.0681. The summed E-state index contributed by atoms with van der Waals surface area (Å²) in [7, 11) is 1.72. The van der Waals surface area contributed by atoms with Crippen molar-refractivity contribution in [3.8, 4) is 0 Å². The van der Waals surface area contributed by atoms with Gasteiger partial charge >= 0.3 is 0 Å². The number of aliphatic hydroxyl groups excluding tert-OH is 1. The molecule has 3 nitrogen and oxygen atoms in total. The summed E-state index contributed by atoms with van der Waals surface area (Å²) in [6, 6.07) is 7.44. The van der Waals surface area contributed by atoms with E-state index in [9.17, 15) is 4.79 Å². The van der Waals surface area contributed by atoms with Gasteiger partial charge in [-0.2, -0.15) is 0 Å². The number of carbonyl (C=O) groups excluding carboxylic acids is 1. The molecule has 0 fully saturated rings. The fraction of sp³-hybridized carbons (Fsp3) is 0.462. The van der Waals surface area contributed by atoms with Crippen LogP contribution in [0.2, 0.25) is 0 Å². The van der Waals surface area contributed by atoms with Crippen molar-refractivity contribution >= 4 is 5.91 Å². The molecule has 0 saturated heterocycles. The highest BCUT2D eigenvalue weighted by atomic mass is 16.3. The van der Waals surface area contributed by atoms with Gasteiger partial charge in [0.1, 0.15) is 0 Å². The van der Waals surface area contributed by atoms with E-state index < -0.39 is 0 Å². The molecule has 0 aliphatic carbocycles. The van der Waals surface area contributed by atoms with Crippen LogP contribution in [-0.4, -0.2) is 35.6 Å². The molecule has 1 aromatic rings. The van der Waals surface area contributed by atoms with Crippen LogP contribution in [0.4, 0.5) is 0 Å². The standard InChI is InChI=1S/C13H19NO2/c1-4-11-7-5-6-8-12(11)13(16)14(3)10(2)9-15/h5-8,10,15H,4,9H2,1-3H3. The number of hydrogen-bond donors (Lipinski definition) is 1. The second-order valence-electron chi connectivity index (χ2n) is 3.96. The van der Waals surface area contributed by atoms with E-state index in [1.165, 1.54) is 0 Å². The molecule has 1 aromatic carbocycles. The molecule has 1 amide bonds. The van der Waals surface area contributed by atoms with Gasteiger partial charge in [0.25, 0.3) is 5.91 Å². The molecule has 3 heteroatoms. The summed E-state index contributed by atoms with van der Waals surface area (Å²) in [6.45, 7) is 3.84. The molecule has 0 aromatic heterocycles. The summed E-state index contributed by atoms with van der Waals surface area (Å²) in [5, 5.41) is 9.03. The largest absolute Gasteiger partial charge is 0.394 e. The van der Waals surface area contributed by atoms with Crippen LogP contribution in [0.5, 0.6) is 0 Å². The zero-order valence-electron chi connectivity index (χ0n) is 10.1. The zero-order chi connectivity index (χ0) is 12.1. The predicted molar refractivity (Wildman–Crippen MR) is 64.5 cm³/mol. The molecule has 0 aliphatic rings. The van der Waals surface area contributed by atoms with Gasteiger partial charge in [0.05, 0.1) is 12.6 Å². The lowest BCUT2D eigenvalue weighted by Gasteiger charge is -2.24. The molecule has 88 valence electrons.